The summed E-state index contributed by atoms with van der Waals surface area (Å²) < 4.78 is 35.6. The predicted molar refractivity (Wildman–Crippen MR) is 105 cm³/mol. The van der Waals surface area contributed by atoms with Gasteiger partial charge in [-0.2, -0.15) is 5.10 Å². The van der Waals surface area contributed by atoms with Crippen molar-refractivity contribution in [3.63, 3.8) is 0 Å². The van der Waals surface area contributed by atoms with Crippen LogP contribution < -0.4 is 4.72 Å². The Morgan fingerprint density at radius 2 is 1.89 bits per heavy atom. The van der Waals surface area contributed by atoms with Crippen molar-refractivity contribution < 1.29 is 13.2 Å². The normalized spacial score (nSPS) is 16.1. The first-order chi connectivity index (χ1) is 13.0. The van der Waals surface area contributed by atoms with E-state index < -0.39 is 10.0 Å². The van der Waals surface area contributed by atoms with Crippen LogP contribution in [0.3, 0.4) is 0 Å². The third-order valence-corrected chi connectivity index (χ3v) is 6.07. The first-order valence-electron chi connectivity index (χ1n) is 9.42. The van der Waals surface area contributed by atoms with Crippen LogP contribution in [-0.2, 0) is 14.8 Å². The van der Waals surface area contributed by atoms with Crippen molar-refractivity contribution in [3.05, 3.63) is 36.5 Å². The Labute approximate surface area is 161 Å². The second kappa shape index (κ2) is 8.97. The SMILES string of the molecule is CC(C)n1cc(S(=O)(=O)NCCCN2CCOCC2)c(-c2ccccc2)n1. The zero-order chi connectivity index (χ0) is 19.3. The number of sulfonamides is 1. The summed E-state index contributed by atoms with van der Waals surface area (Å²) in [5.41, 5.74) is 1.29. The van der Waals surface area contributed by atoms with Crippen LogP contribution in [-0.4, -0.2) is 62.5 Å². The van der Waals surface area contributed by atoms with Crippen LogP contribution in [0.25, 0.3) is 11.3 Å². The lowest BCUT2D eigenvalue weighted by Gasteiger charge is -2.26. The maximum absolute atomic E-state index is 12.9. The summed E-state index contributed by atoms with van der Waals surface area (Å²) in [4.78, 5) is 2.53. The maximum Gasteiger partial charge on any atom is 0.244 e. The van der Waals surface area contributed by atoms with Gasteiger partial charge in [0.25, 0.3) is 0 Å². The largest absolute Gasteiger partial charge is 0.379 e. The maximum atomic E-state index is 12.9. The molecule has 2 aromatic rings. The molecule has 1 fully saturated rings. The van der Waals surface area contributed by atoms with E-state index in [1.54, 1.807) is 10.9 Å². The lowest BCUT2D eigenvalue weighted by Crippen LogP contribution is -2.38. The molecule has 0 saturated carbocycles. The molecule has 1 aromatic heterocycles. The summed E-state index contributed by atoms with van der Waals surface area (Å²) in [6.07, 6.45) is 2.38. The van der Waals surface area contributed by atoms with Gasteiger partial charge in [0.1, 0.15) is 10.6 Å². The first-order valence-corrected chi connectivity index (χ1v) is 10.9. The molecule has 3 rings (SSSR count). The number of aromatic nitrogens is 2. The molecule has 0 bridgehead atoms. The van der Waals surface area contributed by atoms with Gasteiger partial charge in [-0.25, -0.2) is 13.1 Å². The van der Waals surface area contributed by atoms with Crippen molar-refractivity contribution >= 4 is 10.0 Å². The van der Waals surface area contributed by atoms with Crippen LogP contribution in [0.1, 0.15) is 26.3 Å². The van der Waals surface area contributed by atoms with E-state index in [9.17, 15) is 8.42 Å². The van der Waals surface area contributed by atoms with E-state index in [-0.39, 0.29) is 10.9 Å². The zero-order valence-electron chi connectivity index (χ0n) is 16.0. The van der Waals surface area contributed by atoms with E-state index in [1.807, 2.05) is 44.2 Å². The minimum Gasteiger partial charge on any atom is -0.379 e. The van der Waals surface area contributed by atoms with Gasteiger partial charge in [-0.1, -0.05) is 30.3 Å². The lowest BCUT2D eigenvalue weighted by atomic mass is 10.2. The molecule has 0 amide bonds. The lowest BCUT2D eigenvalue weighted by molar-refractivity contribution is 0.0376. The Balaban J connectivity index is 1.71. The average molecular weight is 393 g/mol. The molecule has 0 radical (unpaired) electrons. The van der Waals surface area contributed by atoms with Gasteiger partial charge >= 0.3 is 0 Å². The van der Waals surface area contributed by atoms with Gasteiger partial charge < -0.3 is 4.74 Å². The highest BCUT2D eigenvalue weighted by Gasteiger charge is 2.24. The van der Waals surface area contributed by atoms with E-state index >= 15 is 0 Å². The van der Waals surface area contributed by atoms with Crippen molar-refractivity contribution in [3.8, 4) is 11.3 Å². The number of benzene rings is 1. The monoisotopic (exact) mass is 392 g/mol. The Bertz CT molecular complexity index is 828. The van der Waals surface area contributed by atoms with Crippen molar-refractivity contribution in [2.75, 3.05) is 39.4 Å². The summed E-state index contributed by atoms with van der Waals surface area (Å²) in [5.74, 6) is 0. The first kappa shape index (κ1) is 20.0. The fourth-order valence-electron chi connectivity index (χ4n) is 3.04. The van der Waals surface area contributed by atoms with Crippen LogP contribution in [0.2, 0.25) is 0 Å². The van der Waals surface area contributed by atoms with E-state index in [1.165, 1.54) is 0 Å². The number of ether oxygens (including phenoxy) is 1. The van der Waals surface area contributed by atoms with Crippen LogP contribution in [0.15, 0.2) is 41.4 Å². The summed E-state index contributed by atoms with van der Waals surface area (Å²) in [6, 6.07) is 9.51. The standard InChI is InChI=1S/C19H28N4O3S/c1-16(2)23-15-18(19(21-23)17-7-4-3-5-8-17)27(24,25)20-9-6-10-22-11-13-26-14-12-22/h3-5,7-8,15-16,20H,6,9-14H2,1-2H3. The molecular weight excluding hydrogens is 364 g/mol. The van der Waals surface area contributed by atoms with Gasteiger partial charge in [-0.15, -0.1) is 0 Å². The van der Waals surface area contributed by atoms with Crippen LogP contribution in [0.4, 0.5) is 0 Å². The van der Waals surface area contributed by atoms with E-state index in [0.717, 1.165) is 44.8 Å². The van der Waals surface area contributed by atoms with E-state index in [0.29, 0.717) is 12.2 Å². The van der Waals surface area contributed by atoms with E-state index in [4.69, 9.17) is 4.74 Å². The van der Waals surface area contributed by atoms with Crippen LogP contribution in [0, 0.1) is 0 Å². The summed E-state index contributed by atoms with van der Waals surface area (Å²) in [5, 5.41) is 4.52. The van der Waals surface area contributed by atoms with Crippen molar-refractivity contribution in [2.24, 2.45) is 0 Å². The Hall–Kier alpha value is -1.74. The van der Waals surface area contributed by atoms with Gasteiger partial charge in [-0.05, 0) is 26.8 Å². The smallest absolute Gasteiger partial charge is 0.244 e. The second-order valence-corrected chi connectivity index (χ2v) is 8.72. The molecule has 8 heteroatoms. The minimum atomic E-state index is -3.63. The Morgan fingerprint density at radius 1 is 1.19 bits per heavy atom. The quantitative estimate of drug-likeness (QED) is 0.697. The fourth-order valence-corrected chi connectivity index (χ4v) is 4.27. The molecule has 0 unspecified atom stereocenters. The predicted octanol–water partition coefficient (Wildman–Crippen LogP) is 2.13. The van der Waals surface area contributed by atoms with Gasteiger partial charge in [0.05, 0.1) is 13.2 Å². The molecule has 1 aromatic carbocycles. The van der Waals surface area contributed by atoms with Crippen LogP contribution >= 0.6 is 0 Å². The summed E-state index contributed by atoms with van der Waals surface area (Å²) in [7, 11) is -3.63. The second-order valence-electron chi connectivity index (χ2n) is 6.99. The average Bonchev–Trinajstić information content (AvgIpc) is 3.14. The topological polar surface area (TPSA) is 76.5 Å². The summed E-state index contributed by atoms with van der Waals surface area (Å²) >= 11 is 0. The van der Waals surface area contributed by atoms with Gasteiger partial charge in [0.2, 0.25) is 10.0 Å². The third-order valence-electron chi connectivity index (χ3n) is 4.61. The molecule has 0 aliphatic carbocycles. The van der Waals surface area contributed by atoms with Crippen LogP contribution in [0.5, 0.6) is 0 Å². The molecule has 7 nitrogen and oxygen atoms in total. The molecule has 1 aliphatic rings. The minimum absolute atomic E-state index is 0.0812. The highest BCUT2D eigenvalue weighted by atomic mass is 32.2. The molecule has 1 saturated heterocycles. The molecule has 148 valence electrons. The molecule has 0 spiro atoms. The third kappa shape index (κ3) is 5.16. The Morgan fingerprint density at radius 3 is 2.56 bits per heavy atom. The highest BCUT2D eigenvalue weighted by molar-refractivity contribution is 7.89. The molecule has 1 aliphatic heterocycles. The number of nitrogens with zero attached hydrogens (tertiary/aromatic N) is 3. The number of morpholine rings is 1. The zero-order valence-corrected chi connectivity index (χ0v) is 16.8. The highest BCUT2D eigenvalue weighted by Crippen LogP contribution is 2.27. The summed E-state index contributed by atoms with van der Waals surface area (Å²) in [6.45, 7) is 8.55. The van der Waals surface area contributed by atoms with E-state index in [2.05, 4.69) is 14.7 Å². The molecular formula is C19H28N4O3S. The number of rotatable bonds is 8. The molecule has 1 N–H and O–H groups in total. The van der Waals surface area contributed by atoms with Crippen molar-refractivity contribution in [1.29, 1.82) is 0 Å². The number of hydrogen-bond acceptors (Lipinski definition) is 5. The Kier molecular flexibility index (Phi) is 6.64. The van der Waals surface area contributed by atoms with Gasteiger partial charge in [0, 0.05) is 37.4 Å². The number of hydrogen-bond donors (Lipinski definition) is 1. The fraction of sp³-hybridized carbons (Fsp3) is 0.526. The number of nitrogens with one attached hydrogen (secondary N) is 1. The van der Waals surface area contributed by atoms with Gasteiger partial charge in [-0.3, -0.25) is 9.58 Å². The van der Waals surface area contributed by atoms with Gasteiger partial charge in [0.15, 0.2) is 0 Å². The molecule has 0 atom stereocenters. The molecule has 27 heavy (non-hydrogen) atoms. The van der Waals surface area contributed by atoms with Crippen molar-refractivity contribution in [1.82, 2.24) is 19.4 Å². The van der Waals surface area contributed by atoms with Crippen molar-refractivity contribution in [2.45, 2.75) is 31.2 Å². The molecule has 2 heterocycles.